The molecule has 4 rings (SSSR count). The van der Waals surface area contributed by atoms with Crippen molar-refractivity contribution in [2.24, 2.45) is 7.05 Å². The molecular formula is C30H28ClFN6O4. The van der Waals surface area contributed by atoms with Crippen LogP contribution in [0.3, 0.4) is 0 Å². The second kappa shape index (κ2) is 13.1. The van der Waals surface area contributed by atoms with Gasteiger partial charge in [0.2, 0.25) is 0 Å². The number of urea groups is 1. The van der Waals surface area contributed by atoms with Crippen molar-refractivity contribution in [3.05, 3.63) is 95.8 Å². The van der Waals surface area contributed by atoms with Crippen molar-refractivity contribution >= 4 is 41.2 Å². The summed E-state index contributed by atoms with van der Waals surface area (Å²) in [6.07, 6.45) is 6.48. The zero-order valence-corrected chi connectivity index (χ0v) is 24.0. The maximum Gasteiger partial charge on any atom is 0.328 e. The van der Waals surface area contributed by atoms with E-state index >= 15 is 0 Å². The van der Waals surface area contributed by atoms with Gasteiger partial charge in [-0.05, 0) is 56.3 Å². The van der Waals surface area contributed by atoms with Crippen LogP contribution in [0.4, 0.5) is 20.6 Å². The second-order valence-electron chi connectivity index (χ2n) is 9.50. The summed E-state index contributed by atoms with van der Waals surface area (Å²) in [7, 11) is 3.35. The van der Waals surface area contributed by atoms with Crippen LogP contribution in [0.25, 0.3) is 11.3 Å². The Kier molecular flexibility index (Phi) is 9.33. The minimum absolute atomic E-state index is 0.0793. The molecular weight excluding hydrogens is 563 g/mol. The van der Waals surface area contributed by atoms with Crippen LogP contribution >= 0.6 is 11.6 Å². The summed E-state index contributed by atoms with van der Waals surface area (Å²) in [6, 6.07) is 12.9. The number of nitrogens with one attached hydrogen (secondary N) is 1. The van der Waals surface area contributed by atoms with Crippen LogP contribution < -0.4 is 15.0 Å². The molecule has 0 unspecified atom stereocenters. The van der Waals surface area contributed by atoms with Gasteiger partial charge in [-0.2, -0.15) is 5.10 Å². The standard InChI is InChI=1S/C30H28ClFN6O4/c1-19(2)38(30(41)37(4)24-8-5-22(31)6-9-24)17-21(18-39)29(40)35-23-7-10-28(26(32)13-23)42-25-11-12-33-27(14-25)20-15-34-36(3)16-20/h5-19H,1-4H3,(H,35,40)/b21-17+. The van der Waals surface area contributed by atoms with Crippen LogP contribution in [-0.2, 0) is 16.6 Å². The Bertz CT molecular complexity index is 1640. The molecule has 0 fully saturated rings. The molecule has 12 heteroatoms. The lowest BCUT2D eigenvalue weighted by Gasteiger charge is -2.29. The van der Waals surface area contributed by atoms with E-state index in [1.807, 2.05) is 0 Å². The van der Waals surface area contributed by atoms with Crippen molar-refractivity contribution in [1.82, 2.24) is 19.7 Å². The SMILES string of the molecule is CC(C)N(/C=C(\C=O)C(=O)Nc1ccc(Oc2ccnc(-c3cnn(C)c3)c2)c(F)c1)C(=O)N(C)c1ccc(Cl)cc1. The van der Waals surface area contributed by atoms with E-state index in [1.165, 1.54) is 34.3 Å². The number of hydrogen-bond donors (Lipinski definition) is 1. The minimum atomic E-state index is -0.819. The molecule has 0 atom stereocenters. The third-order valence-electron chi connectivity index (χ3n) is 6.10. The van der Waals surface area contributed by atoms with E-state index in [4.69, 9.17) is 16.3 Å². The summed E-state index contributed by atoms with van der Waals surface area (Å²) in [5, 5.41) is 7.12. The lowest BCUT2D eigenvalue weighted by atomic mass is 10.2. The lowest BCUT2D eigenvalue weighted by Crippen LogP contribution is -2.42. The number of benzene rings is 2. The Balaban J connectivity index is 1.47. The van der Waals surface area contributed by atoms with E-state index in [-0.39, 0.29) is 17.0 Å². The summed E-state index contributed by atoms with van der Waals surface area (Å²) in [6.45, 7) is 3.47. The van der Waals surface area contributed by atoms with Crippen LogP contribution in [0.15, 0.2) is 85.0 Å². The number of anilines is 2. The molecule has 0 spiro atoms. The Hall–Kier alpha value is -5.03. The van der Waals surface area contributed by atoms with Gasteiger partial charge in [0.1, 0.15) is 5.75 Å². The predicted octanol–water partition coefficient (Wildman–Crippen LogP) is 6.06. The molecule has 2 aromatic heterocycles. The molecule has 2 aromatic carbocycles. The first-order valence-electron chi connectivity index (χ1n) is 12.8. The van der Waals surface area contributed by atoms with Crippen LogP contribution in [-0.4, -0.2) is 51.0 Å². The highest BCUT2D eigenvalue weighted by molar-refractivity contribution is 6.30. The monoisotopic (exact) mass is 590 g/mol. The Morgan fingerprint density at radius 1 is 1.12 bits per heavy atom. The third-order valence-corrected chi connectivity index (χ3v) is 6.35. The summed E-state index contributed by atoms with van der Waals surface area (Å²) in [5.74, 6) is -1.29. The zero-order chi connectivity index (χ0) is 30.4. The molecule has 2 heterocycles. The van der Waals surface area contributed by atoms with Crippen LogP contribution in [0.2, 0.25) is 5.02 Å². The molecule has 0 radical (unpaired) electrons. The van der Waals surface area contributed by atoms with E-state index in [9.17, 15) is 18.8 Å². The van der Waals surface area contributed by atoms with Gasteiger partial charge in [-0.25, -0.2) is 9.18 Å². The van der Waals surface area contributed by atoms with Crippen LogP contribution in [0.5, 0.6) is 11.5 Å². The molecule has 4 aromatic rings. The quantitative estimate of drug-likeness (QED) is 0.110. The number of pyridine rings is 1. The Morgan fingerprint density at radius 2 is 1.86 bits per heavy atom. The van der Waals surface area contributed by atoms with Crippen LogP contribution in [0, 0.1) is 5.82 Å². The molecule has 10 nitrogen and oxygen atoms in total. The first-order chi connectivity index (χ1) is 20.0. The van der Waals surface area contributed by atoms with Crippen molar-refractivity contribution in [2.45, 2.75) is 19.9 Å². The molecule has 0 aliphatic rings. The summed E-state index contributed by atoms with van der Waals surface area (Å²) in [4.78, 5) is 44.9. The fraction of sp³-hybridized carbons (Fsp3) is 0.167. The topological polar surface area (TPSA) is 110 Å². The highest BCUT2D eigenvalue weighted by atomic mass is 35.5. The number of carbonyl (C=O) groups is 3. The van der Waals surface area contributed by atoms with Crippen molar-refractivity contribution in [3.8, 4) is 22.8 Å². The van der Waals surface area contributed by atoms with Gasteiger partial charge in [-0.15, -0.1) is 0 Å². The molecule has 216 valence electrons. The fourth-order valence-corrected chi connectivity index (χ4v) is 3.97. The molecule has 3 amide bonds. The van der Waals surface area contributed by atoms with Gasteiger partial charge in [0.05, 0.1) is 17.5 Å². The number of amides is 3. The number of aromatic nitrogens is 3. The number of halogens is 2. The minimum Gasteiger partial charge on any atom is -0.454 e. The Labute approximate surface area is 247 Å². The first-order valence-corrected chi connectivity index (χ1v) is 13.2. The van der Waals surface area contributed by atoms with Gasteiger partial charge in [-0.3, -0.25) is 29.1 Å². The number of carbonyl (C=O) groups excluding carboxylic acids is 3. The normalized spacial score (nSPS) is 11.3. The number of nitrogens with zero attached hydrogens (tertiary/aromatic N) is 5. The lowest BCUT2D eigenvalue weighted by molar-refractivity contribution is -0.115. The van der Waals surface area contributed by atoms with Crippen LogP contribution in [0.1, 0.15) is 13.8 Å². The molecule has 0 saturated carbocycles. The number of rotatable bonds is 9. The van der Waals surface area contributed by atoms with E-state index in [2.05, 4.69) is 15.4 Å². The number of aldehydes is 1. The van der Waals surface area contributed by atoms with E-state index < -0.39 is 23.8 Å². The third kappa shape index (κ3) is 7.18. The van der Waals surface area contributed by atoms with Gasteiger partial charge in [0.15, 0.2) is 17.9 Å². The number of ether oxygens (including phenoxy) is 1. The van der Waals surface area contributed by atoms with Gasteiger partial charge < -0.3 is 10.1 Å². The van der Waals surface area contributed by atoms with Gasteiger partial charge in [0.25, 0.3) is 5.91 Å². The number of hydrogen-bond acceptors (Lipinski definition) is 6. The van der Waals surface area contributed by atoms with Crippen molar-refractivity contribution in [3.63, 3.8) is 0 Å². The van der Waals surface area contributed by atoms with E-state index in [1.54, 1.807) is 81.4 Å². The second-order valence-corrected chi connectivity index (χ2v) is 9.94. The van der Waals surface area contributed by atoms with Crippen molar-refractivity contribution in [1.29, 1.82) is 0 Å². The Morgan fingerprint density at radius 3 is 2.48 bits per heavy atom. The maximum atomic E-state index is 14.9. The smallest absolute Gasteiger partial charge is 0.328 e. The zero-order valence-electron chi connectivity index (χ0n) is 23.3. The van der Waals surface area contributed by atoms with Gasteiger partial charge in [-0.1, -0.05) is 11.6 Å². The molecule has 42 heavy (non-hydrogen) atoms. The highest BCUT2D eigenvalue weighted by Crippen LogP contribution is 2.29. The van der Waals surface area contributed by atoms with Crippen molar-refractivity contribution < 1.29 is 23.5 Å². The molecule has 0 saturated heterocycles. The average Bonchev–Trinajstić information content (AvgIpc) is 3.41. The van der Waals surface area contributed by atoms with Crippen molar-refractivity contribution in [2.75, 3.05) is 17.3 Å². The molecule has 0 bridgehead atoms. The molecule has 0 aliphatic heterocycles. The fourth-order valence-electron chi connectivity index (χ4n) is 3.84. The summed E-state index contributed by atoms with van der Waals surface area (Å²) in [5.41, 5.74) is 1.70. The maximum absolute atomic E-state index is 14.9. The predicted molar refractivity (Wildman–Crippen MR) is 158 cm³/mol. The largest absolute Gasteiger partial charge is 0.454 e. The number of aryl methyl sites for hydroxylation is 1. The highest BCUT2D eigenvalue weighted by Gasteiger charge is 2.23. The summed E-state index contributed by atoms with van der Waals surface area (Å²) >= 11 is 5.94. The summed E-state index contributed by atoms with van der Waals surface area (Å²) < 4.78 is 22.3. The average molecular weight is 591 g/mol. The first kappa shape index (κ1) is 29.9. The van der Waals surface area contributed by atoms with E-state index in [0.29, 0.717) is 28.4 Å². The molecule has 0 aliphatic carbocycles. The van der Waals surface area contributed by atoms with Gasteiger partial charge in [0, 0.05) is 72.8 Å². The van der Waals surface area contributed by atoms with Gasteiger partial charge >= 0.3 is 6.03 Å². The molecule has 1 N–H and O–H groups in total. The van der Waals surface area contributed by atoms with E-state index in [0.717, 1.165) is 11.6 Å².